The second kappa shape index (κ2) is 9.49. The Bertz CT molecular complexity index is 483. The second-order valence-corrected chi connectivity index (χ2v) is 6.64. The van der Waals surface area contributed by atoms with E-state index in [4.69, 9.17) is 0 Å². The minimum absolute atomic E-state index is 0.0455. The van der Waals surface area contributed by atoms with E-state index in [1.807, 2.05) is 31.2 Å². The SMILES string of the molecule is Cc1ccc(N2C(=O)CCCCCCCCCCCC2=O)cc1. The number of benzene rings is 1. The van der Waals surface area contributed by atoms with Crippen LogP contribution in [0.4, 0.5) is 5.69 Å². The fourth-order valence-electron chi connectivity index (χ4n) is 3.13. The van der Waals surface area contributed by atoms with Crippen LogP contribution >= 0.6 is 0 Å². The zero-order valence-electron chi connectivity index (χ0n) is 14.4. The minimum atomic E-state index is -0.0455. The van der Waals surface area contributed by atoms with E-state index in [9.17, 15) is 9.59 Å². The summed E-state index contributed by atoms with van der Waals surface area (Å²) in [5, 5.41) is 0. The molecular formula is C20H29NO2. The van der Waals surface area contributed by atoms with Crippen molar-refractivity contribution in [2.24, 2.45) is 0 Å². The molecule has 1 saturated heterocycles. The lowest BCUT2D eigenvalue weighted by atomic mass is 10.0. The molecule has 1 aliphatic rings. The summed E-state index contributed by atoms with van der Waals surface area (Å²) in [6.07, 6.45) is 11.1. The van der Waals surface area contributed by atoms with Crippen LogP contribution in [0.25, 0.3) is 0 Å². The number of aryl methyl sites for hydroxylation is 1. The number of carbonyl (C=O) groups is 2. The topological polar surface area (TPSA) is 37.4 Å². The van der Waals surface area contributed by atoms with Crippen molar-refractivity contribution in [1.29, 1.82) is 0 Å². The fourth-order valence-corrected chi connectivity index (χ4v) is 3.13. The Morgan fingerprint density at radius 1 is 0.652 bits per heavy atom. The first-order valence-corrected chi connectivity index (χ1v) is 9.11. The quantitative estimate of drug-likeness (QED) is 0.671. The predicted molar refractivity (Wildman–Crippen MR) is 94.5 cm³/mol. The molecule has 2 amide bonds. The van der Waals surface area contributed by atoms with Crippen LogP contribution in [-0.2, 0) is 9.59 Å². The van der Waals surface area contributed by atoms with Gasteiger partial charge in [-0.25, -0.2) is 0 Å². The number of nitrogens with zero attached hydrogens (tertiary/aromatic N) is 1. The van der Waals surface area contributed by atoms with Gasteiger partial charge in [-0.15, -0.1) is 0 Å². The third-order valence-electron chi connectivity index (χ3n) is 4.57. The Kier molecular flexibility index (Phi) is 7.31. The molecule has 2 rings (SSSR count). The summed E-state index contributed by atoms with van der Waals surface area (Å²) < 4.78 is 0. The van der Waals surface area contributed by atoms with Gasteiger partial charge in [0.1, 0.15) is 0 Å². The third-order valence-corrected chi connectivity index (χ3v) is 4.57. The van der Waals surface area contributed by atoms with E-state index >= 15 is 0 Å². The summed E-state index contributed by atoms with van der Waals surface area (Å²) in [5.74, 6) is -0.0909. The van der Waals surface area contributed by atoms with E-state index in [1.54, 1.807) is 0 Å². The number of anilines is 1. The van der Waals surface area contributed by atoms with E-state index in [0.29, 0.717) is 12.8 Å². The van der Waals surface area contributed by atoms with Crippen molar-refractivity contribution in [3.63, 3.8) is 0 Å². The molecule has 1 aromatic rings. The van der Waals surface area contributed by atoms with Gasteiger partial charge >= 0.3 is 0 Å². The smallest absolute Gasteiger partial charge is 0.233 e. The standard InChI is InChI=1S/C20H29NO2/c1-17-13-15-18(16-14-17)21-19(22)11-9-7-5-3-2-4-6-8-10-12-20(21)23/h13-16H,2-12H2,1H3. The molecule has 23 heavy (non-hydrogen) atoms. The lowest BCUT2D eigenvalue weighted by Gasteiger charge is -2.21. The van der Waals surface area contributed by atoms with E-state index in [2.05, 4.69) is 0 Å². The average Bonchev–Trinajstić information content (AvgIpc) is 2.54. The summed E-state index contributed by atoms with van der Waals surface area (Å²) in [6.45, 7) is 2.01. The van der Waals surface area contributed by atoms with Gasteiger partial charge in [0.05, 0.1) is 5.69 Å². The maximum absolute atomic E-state index is 12.6. The number of carbonyl (C=O) groups excluding carboxylic acids is 2. The van der Waals surface area contributed by atoms with Gasteiger partial charge in [-0.1, -0.05) is 62.6 Å². The fraction of sp³-hybridized carbons (Fsp3) is 0.600. The van der Waals surface area contributed by atoms with Crippen LogP contribution in [0.5, 0.6) is 0 Å². The molecule has 0 aromatic heterocycles. The van der Waals surface area contributed by atoms with Crippen molar-refractivity contribution in [3.8, 4) is 0 Å². The van der Waals surface area contributed by atoms with Gasteiger partial charge in [0.15, 0.2) is 0 Å². The van der Waals surface area contributed by atoms with Gasteiger partial charge in [0.25, 0.3) is 0 Å². The van der Waals surface area contributed by atoms with Crippen LogP contribution in [0.2, 0.25) is 0 Å². The van der Waals surface area contributed by atoms with Gasteiger partial charge in [-0.05, 0) is 31.9 Å². The first kappa shape index (κ1) is 17.7. The van der Waals surface area contributed by atoms with Crippen molar-refractivity contribution >= 4 is 17.5 Å². The number of hydrogen-bond donors (Lipinski definition) is 0. The van der Waals surface area contributed by atoms with E-state index < -0.39 is 0 Å². The maximum Gasteiger partial charge on any atom is 0.233 e. The zero-order valence-corrected chi connectivity index (χ0v) is 14.4. The van der Waals surface area contributed by atoms with Crippen LogP contribution in [0, 0.1) is 6.92 Å². The Balaban J connectivity index is 2.09. The van der Waals surface area contributed by atoms with Crippen LogP contribution in [0.15, 0.2) is 24.3 Å². The van der Waals surface area contributed by atoms with Crippen molar-refractivity contribution in [2.45, 2.75) is 77.6 Å². The van der Waals surface area contributed by atoms with Crippen molar-refractivity contribution in [1.82, 2.24) is 0 Å². The van der Waals surface area contributed by atoms with Crippen molar-refractivity contribution in [2.75, 3.05) is 4.90 Å². The summed E-state index contributed by atoms with van der Waals surface area (Å²) >= 11 is 0. The molecule has 0 unspecified atom stereocenters. The lowest BCUT2D eigenvalue weighted by Crippen LogP contribution is -2.36. The molecule has 126 valence electrons. The molecule has 1 fully saturated rings. The van der Waals surface area contributed by atoms with Gasteiger partial charge in [-0.2, -0.15) is 0 Å². The van der Waals surface area contributed by atoms with Crippen LogP contribution in [0.1, 0.15) is 76.2 Å². The second-order valence-electron chi connectivity index (χ2n) is 6.64. The van der Waals surface area contributed by atoms with E-state index in [0.717, 1.165) is 36.9 Å². The molecule has 0 atom stereocenters. The monoisotopic (exact) mass is 315 g/mol. The summed E-state index contributed by atoms with van der Waals surface area (Å²) in [4.78, 5) is 26.6. The number of imide groups is 1. The molecule has 0 aliphatic carbocycles. The summed E-state index contributed by atoms with van der Waals surface area (Å²) in [7, 11) is 0. The highest BCUT2D eigenvalue weighted by molar-refractivity contribution is 6.14. The normalized spacial score (nSPS) is 19.4. The highest BCUT2D eigenvalue weighted by Crippen LogP contribution is 2.21. The molecule has 0 saturated carbocycles. The molecule has 3 heteroatoms. The Hall–Kier alpha value is -1.64. The molecule has 0 N–H and O–H groups in total. The third kappa shape index (κ3) is 5.81. The summed E-state index contributed by atoms with van der Waals surface area (Å²) in [5.41, 5.74) is 1.86. The molecule has 1 aromatic carbocycles. The molecular weight excluding hydrogens is 286 g/mol. The first-order chi connectivity index (χ1) is 11.2. The zero-order chi connectivity index (χ0) is 16.5. The van der Waals surface area contributed by atoms with Crippen LogP contribution in [0.3, 0.4) is 0 Å². The molecule has 3 nitrogen and oxygen atoms in total. The average molecular weight is 315 g/mol. The maximum atomic E-state index is 12.6. The number of amides is 2. The number of rotatable bonds is 1. The highest BCUT2D eigenvalue weighted by Gasteiger charge is 2.22. The minimum Gasteiger partial charge on any atom is -0.274 e. The molecule has 0 radical (unpaired) electrons. The number of hydrogen-bond acceptors (Lipinski definition) is 2. The van der Waals surface area contributed by atoms with Crippen molar-refractivity contribution < 1.29 is 9.59 Å². The van der Waals surface area contributed by atoms with Gasteiger partial charge in [0, 0.05) is 12.8 Å². The summed E-state index contributed by atoms with van der Waals surface area (Å²) in [6, 6.07) is 7.69. The van der Waals surface area contributed by atoms with Gasteiger partial charge < -0.3 is 0 Å². The Morgan fingerprint density at radius 2 is 1.04 bits per heavy atom. The highest BCUT2D eigenvalue weighted by atomic mass is 16.2. The molecule has 0 spiro atoms. The van der Waals surface area contributed by atoms with E-state index in [1.165, 1.54) is 37.0 Å². The lowest BCUT2D eigenvalue weighted by molar-refractivity contribution is -0.126. The van der Waals surface area contributed by atoms with Gasteiger partial charge in [-0.3, -0.25) is 14.5 Å². The molecule has 1 aliphatic heterocycles. The Morgan fingerprint density at radius 3 is 1.48 bits per heavy atom. The molecule has 0 bridgehead atoms. The van der Waals surface area contributed by atoms with Crippen LogP contribution < -0.4 is 4.90 Å². The predicted octanol–water partition coefficient (Wildman–Crippen LogP) is 5.16. The first-order valence-electron chi connectivity index (χ1n) is 9.11. The Labute approximate surface area is 140 Å². The van der Waals surface area contributed by atoms with Crippen molar-refractivity contribution in [3.05, 3.63) is 29.8 Å². The van der Waals surface area contributed by atoms with E-state index in [-0.39, 0.29) is 11.8 Å². The van der Waals surface area contributed by atoms with Crippen LogP contribution in [-0.4, -0.2) is 11.8 Å². The largest absolute Gasteiger partial charge is 0.274 e. The van der Waals surface area contributed by atoms with Gasteiger partial charge in [0.2, 0.25) is 11.8 Å². The molecule has 1 heterocycles.